The number of benzene rings is 3. The van der Waals surface area contributed by atoms with E-state index in [9.17, 15) is 14.4 Å². The average Bonchev–Trinajstić information content (AvgIpc) is 3.06. The molecule has 1 heterocycles. The van der Waals surface area contributed by atoms with Crippen molar-refractivity contribution < 1.29 is 14.4 Å². The van der Waals surface area contributed by atoms with Crippen LogP contribution in [0.2, 0.25) is 0 Å². The molecule has 0 saturated carbocycles. The minimum absolute atomic E-state index is 0.245. The lowest BCUT2D eigenvalue weighted by Crippen LogP contribution is -2.61. The van der Waals surface area contributed by atoms with Crippen LogP contribution in [0, 0.1) is 11.8 Å². The van der Waals surface area contributed by atoms with E-state index in [4.69, 9.17) is 0 Å². The number of carbonyl (C=O) groups is 3. The molecular weight excluding hydrogens is 454 g/mol. The maximum absolute atomic E-state index is 13.9. The van der Waals surface area contributed by atoms with Crippen LogP contribution >= 0.6 is 15.9 Å². The van der Waals surface area contributed by atoms with Gasteiger partial charge in [0.15, 0.2) is 0 Å². The first kappa shape index (κ1) is 18.7. The molecule has 0 spiro atoms. The highest BCUT2D eigenvalue weighted by atomic mass is 79.9. The fraction of sp³-hybridized carbons (Fsp3) is 0.192. The average molecular weight is 472 g/mol. The topological polar surface area (TPSA) is 54.5 Å². The van der Waals surface area contributed by atoms with Crippen molar-refractivity contribution in [2.75, 3.05) is 4.90 Å². The van der Waals surface area contributed by atoms with Crippen LogP contribution in [-0.2, 0) is 25.2 Å². The van der Waals surface area contributed by atoms with Gasteiger partial charge in [0.2, 0.25) is 11.8 Å². The number of hydrogen-bond acceptors (Lipinski definition) is 3. The first-order chi connectivity index (χ1) is 15.0. The summed E-state index contributed by atoms with van der Waals surface area (Å²) in [6, 6.07) is 22.7. The zero-order valence-electron chi connectivity index (χ0n) is 16.7. The second kappa shape index (κ2) is 6.01. The van der Waals surface area contributed by atoms with Gasteiger partial charge in [-0.25, -0.2) is 4.90 Å². The van der Waals surface area contributed by atoms with Crippen LogP contribution in [0.25, 0.3) is 0 Å². The van der Waals surface area contributed by atoms with Gasteiger partial charge in [0.05, 0.1) is 22.9 Å². The maximum Gasteiger partial charge on any atom is 0.239 e. The van der Waals surface area contributed by atoms with E-state index in [-0.39, 0.29) is 11.8 Å². The molecule has 3 aromatic carbocycles. The van der Waals surface area contributed by atoms with Crippen LogP contribution in [0.1, 0.15) is 29.2 Å². The number of imide groups is 1. The van der Waals surface area contributed by atoms with Gasteiger partial charge in [-0.15, -0.1) is 0 Å². The molecule has 3 aliphatic carbocycles. The summed E-state index contributed by atoms with van der Waals surface area (Å²) in [7, 11) is 0. The normalized spacial score (nSPS) is 30.1. The van der Waals surface area contributed by atoms with Gasteiger partial charge >= 0.3 is 0 Å². The minimum Gasteiger partial charge on any atom is -0.302 e. The van der Waals surface area contributed by atoms with Crippen molar-refractivity contribution >= 4 is 39.7 Å². The van der Waals surface area contributed by atoms with Gasteiger partial charge in [0.1, 0.15) is 6.29 Å². The SMILES string of the molecule is CC12c3ccccc3C(C=O)(c3ccccc31)C1C(=O)N(c3cccc(Br)c3)C(=O)C12. The van der Waals surface area contributed by atoms with Gasteiger partial charge < -0.3 is 4.79 Å². The van der Waals surface area contributed by atoms with E-state index >= 15 is 0 Å². The summed E-state index contributed by atoms with van der Waals surface area (Å²) in [4.78, 5) is 42.1. The van der Waals surface area contributed by atoms with Gasteiger partial charge in [0, 0.05) is 9.89 Å². The quantitative estimate of drug-likeness (QED) is 0.411. The first-order valence-corrected chi connectivity index (χ1v) is 11.0. The van der Waals surface area contributed by atoms with Crippen LogP contribution in [-0.4, -0.2) is 18.1 Å². The number of nitrogens with zero attached hydrogens (tertiary/aromatic N) is 1. The molecule has 2 amide bonds. The molecule has 2 bridgehead atoms. The molecule has 7 rings (SSSR count). The number of aldehydes is 1. The molecule has 0 N–H and O–H groups in total. The summed E-state index contributed by atoms with van der Waals surface area (Å²) in [6.07, 6.45) is 0.899. The molecule has 0 aromatic heterocycles. The maximum atomic E-state index is 13.9. The van der Waals surface area contributed by atoms with E-state index in [1.165, 1.54) is 4.90 Å². The molecule has 152 valence electrons. The molecule has 1 aliphatic heterocycles. The second-order valence-electron chi connectivity index (χ2n) is 8.73. The molecule has 1 saturated heterocycles. The number of carbonyl (C=O) groups excluding carboxylic acids is 3. The molecule has 2 unspecified atom stereocenters. The largest absolute Gasteiger partial charge is 0.302 e. The van der Waals surface area contributed by atoms with Crippen LogP contribution in [0.3, 0.4) is 0 Å². The smallest absolute Gasteiger partial charge is 0.239 e. The predicted molar refractivity (Wildman–Crippen MR) is 120 cm³/mol. The molecule has 4 nitrogen and oxygen atoms in total. The third-order valence-electron chi connectivity index (χ3n) is 7.54. The summed E-state index contributed by atoms with van der Waals surface area (Å²) in [6.45, 7) is 2.05. The fourth-order valence-electron chi connectivity index (χ4n) is 6.33. The van der Waals surface area contributed by atoms with Crippen molar-refractivity contribution in [3.63, 3.8) is 0 Å². The molecule has 2 atom stereocenters. The van der Waals surface area contributed by atoms with E-state index < -0.39 is 22.7 Å². The standard InChI is InChI=1S/C26H18BrNO3/c1-25-17-9-2-4-11-19(17)26(14-29,20-12-5-3-10-18(20)25)22-21(25)23(30)28(24(22)31)16-8-6-7-15(27)13-16/h2-14,21-22H,1H3. The lowest BCUT2D eigenvalue weighted by Gasteiger charge is -2.56. The zero-order valence-corrected chi connectivity index (χ0v) is 18.3. The number of amides is 2. The summed E-state index contributed by atoms with van der Waals surface area (Å²) in [5, 5.41) is 0. The number of rotatable bonds is 2. The number of halogens is 1. The molecule has 1 fully saturated rings. The lowest BCUT2D eigenvalue weighted by atomic mass is 9.42. The van der Waals surface area contributed by atoms with Crippen LogP contribution in [0.4, 0.5) is 5.69 Å². The number of hydrogen-bond donors (Lipinski definition) is 0. The first-order valence-electron chi connectivity index (χ1n) is 10.3. The third kappa shape index (κ3) is 1.98. The van der Waals surface area contributed by atoms with Gasteiger partial charge in [0.25, 0.3) is 0 Å². The predicted octanol–water partition coefficient (Wildman–Crippen LogP) is 4.37. The summed E-state index contributed by atoms with van der Waals surface area (Å²) >= 11 is 3.44. The van der Waals surface area contributed by atoms with Crippen LogP contribution < -0.4 is 4.90 Å². The molecule has 0 radical (unpaired) electrons. The van der Waals surface area contributed by atoms with E-state index in [0.29, 0.717) is 5.69 Å². The Bertz CT molecular complexity index is 1270. The van der Waals surface area contributed by atoms with Crippen molar-refractivity contribution in [1.82, 2.24) is 0 Å². The Morgan fingerprint density at radius 2 is 1.35 bits per heavy atom. The van der Waals surface area contributed by atoms with E-state index in [1.807, 2.05) is 61.5 Å². The Hall–Kier alpha value is -3.05. The Balaban J connectivity index is 1.70. The van der Waals surface area contributed by atoms with Crippen molar-refractivity contribution in [3.05, 3.63) is 99.5 Å². The fourth-order valence-corrected chi connectivity index (χ4v) is 6.72. The van der Waals surface area contributed by atoms with Gasteiger partial charge in [-0.1, -0.05) is 77.5 Å². The van der Waals surface area contributed by atoms with E-state index in [0.717, 1.165) is 33.0 Å². The highest BCUT2D eigenvalue weighted by molar-refractivity contribution is 9.10. The number of anilines is 1. The Labute approximate surface area is 188 Å². The van der Waals surface area contributed by atoms with E-state index in [1.54, 1.807) is 18.2 Å². The molecular formula is C26H18BrNO3. The summed E-state index contributed by atoms with van der Waals surface area (Å²) in [5.74, 6) is -1.97. The Morgan fingerprint density at radius 3 is 1.90 bits per heavy atom. The van der Waals surface area contributed by atoms with Crippen LogP contribution in [0.5, 0.6) is 0 Å². The molecule has 3 aromatic rings. The summed E-state index contributed by atoms with van der Waals surface area (Å²) in [5.41, 5.74) is 2.24. The molecule has 31 heavy (non-hydrogen) atoms. The van der Waals surface area contributed by atoms with Gasteiger partial charge in [-0.2, -0.15) is 0 Å². The molecule has 4 aliphatic rings. The highest BCUT2D eigenvalue weighted by Crippen LogP contribution is 2.66. The van der Waals surface area contributed by atoms with Crippen molar-refractivity contribution in [1.29, 1.82) is 0 Å². The van der Waals surface area contributed by atoms with Gasteiger partial charge in [-0.3, -0.25) is 9.59 Å². The van der Waals surface area contributed by atoms with Crippen molar-refractivity contribution in [2.24, 2.45) is 11.8 Å². The van der Waals surface area contributed by atoms with Crippen molar-refractivity contribution in [2.45, 2.75) is 17.8 Å². The highest BCUT2D eigenvalue weighted by Gasteiger charge is 2.72. The lowest BCUT2D eigenvalue weighted by molar-refractivity contribution is -0.129. The minimum atomic E-state index is -1.18. The molecule has 5 heteroatoms. The second-order valence-corrected chi connectivity index (χ2v) is 9.64. The zero-order chi connectivity index (χ0) is 21.5. The third-order valence-corrected chi connectivity index (χ3v) is 8.03. The Morgan fingerprint density at radius 1 is 0.806 bits per heavy atom. The van der Waals surface area contributed by atoms with Gasteiger partial charge in [-0.05, 0) is 40.5 Å². The monoisotopic (exact) mass is 471 g/mol. The Kier molecular flexibility index (Phi) is 3.63. The van der Waals surface area contributed by atoms with Crippen molar-refractivity contribution in [3.8, 4) is 0 Å². The summed E-state index contributed by atoms with van der Waals surface area (Å²) < 4.78 is 0.784. The van der Waals surface area contributed by atoms with Crippen LogP contribution in [0.15, 0.2) is 77.3 Å². The van der Waals surface area contributed by atoms with E-state index in [2.05, 4.69) is 15.9 Å².